The molecule has 0 aliphatic carbocycles. The molecule has 1 aliphatic rings. The minimum absolute atomic E-state index is 0.435. The zero-order chi connectivity index (χ0) is 29.7. The van der Waals surface area contributed by atoms with Gasteiger partial charge in [0.25, 0.3) is 0 Å². The monoisotopic (exact) mass is 592 g/mol. The van der Waals surface area contributed by atoms with E-state index in [1.54, 1.807) is 18.4 Å². The Kier molecular flexibility index (Phi) is 10.5. The van der Waals surface area contributed by atoms with Gasteiger partial charge in [-0.25, -0.2) is 4.98 Å². The van der Waals surface area contributed by atoms with E-state index < -0.39 is 7.92 Å². The van der Waals surface area contributed by atoms with Gasteiger partial charge in [0.15, 0.2) is 5.82 Å². The van der Waals surface area contributed by atoms with E-state index in [0.717, 1.165) is 59.1 Å². The molecule has 0 amide bonds. The third kappa shape index (κ3) is 7.11. The van der Waals surface area contributed by atoms with Crippen LogP contribution in [0, 0.1) is 0 Å². The molecule has 0 unspecified atom stereocenters. The summed E-state index contributed by atoms with van der Waals surface area (Å²) in [6.45, 7) is 19.5. The van der Waals surface area contributed by atoms with E-state index in [9.17, 15) is 0 Å². The van der Waals surface area contributed by atoms with Crippen LogP contribution in [0.2, 0.25) is 0 Å². The van der Waals surface area contributed by atoms with Gasteiger partial charge in [0, 0.05) is 36.6 Å². The van der Waals surface area contributed by atoms with Crippen LogP contribution < -0.4 is 20.3 Å². The highest BCUT2D eigenvalue weighted by Gasteiger charge is 2.24. The summed E-state index contributed by atoms with van der Waals surface area (Å²) >= 11 is 1.62. The first-order valence-electron chi connectivity index (χ1n) is 14.3. The molecule has 2 N–H and O–H groups in total. The number of benzene rings is 1. The molecular formula is C32H45N6OPS. The van der Waals surface area contributed by atoms with Crippen LogP contribution in [0.1, 0.15) is 40.5 Å². The Labute approximate surface area is 251 Å². The molecule has 4 rings (SSSR count). The molecular weight excluding hydrogens is 547 g/mol. The van der Waals surface area contributed by atoms with E-state index in [1.165, 1.54) is 11.0 Å². The Morgan fingerprint density at radius 1 is 1.10 bits per heavy atom. The van der Waals surface area contributed by atoms with Gasteiger partial charge in [-0.05, 0) is 73.2 Å². The van der Waals surface area contributed by atoms with Crippen LogP contribution in [0.5, 0.6) is 5.75 Å². The van der Waals surface area contributed by atoms with Crippen LogP contribution in [0.4, 0.5) is 23.1 Å². The second-order valence-electron chi connectivity index (χ2n) is 11.1. The standard InChI is InChI=1S/C32H45N6OPS/c1-10-25(29(11-2)40(21(3)4)22(5)6)33-31-30-27(16-19-41-30)35-32(36-31)34-26-13-12-24(20-28(26)39-9)38-17-14-23(15-18-38)37(7)8/h10-13,16,19-23H,1-2,14-15,17-18H2,3-9H3,(H2,33,34,35,36)/b29-25-. The Morgan fingerprint density at radius 3 is 2.39 bits per heavy atom. The minimum atomic E-state index is -0.435. The van der Waals surface area contributed by atoms with Crippen molar-refractivity contribution in [3.8, 4) is 5.75 Å². The molecule has 0 atom stereocenters. The molecule has 0 spiro atoms. The van der Waals surface area contributed by atoms with Crippen LogP contribution in [0.15, 0.2) is 66.0 Å². The molecule has 1 saturated heterocycles. The van der Waals surface area contributed by atoms with Gasteiger partial charge in [-0.1, -0.05) is 54.9 Å². The number of ether oxygens (including phenoxy) is 1. The van der Waals surface area contributed by atoms with Gasteiger partial charge in [-0.15, -0.1) is 11.3 Å². The first kappa shape index (κ1) is 31.0. The SMILES string of the molecule is C=C/C(Nc1nc(Nc2ccc(N3CCC(N(C)C)CC3)cc2OC)nc2ccsc12)=C(\C=C)P(C(C)C)C(C)C. The molecule has 0 radical (unpaired) electrons. The Balaban J connectivity index is 1.63. The number of piperidine rings is 1. The Morgan fingerprint density at radius 2 is 1.80 bits per heavy atom. The molecule has 7 nitrogen and oxygen atoms in total. The van der Waals surface area contributed by atoms with Crippen molar-refractivity contribution < 1.29 is 4.74 Å². The molecule has 9 heteroatoms. The fourth-order valence-corrected chi connectivity index (χ4v) is 9.32. The number of thiophene rings is 1. The molecule has 2 aromatic heterocycles. The summed E-state index contributed by atoms with van der Waals surface area (Å²) in [6, 6.07) is 8.98. The Hall–Kier alpha value is -2.93. The normalized spacial score (nSPS) is 15.1. The fraction of sp³-hybridized carbons (Fsp3) is 0.438. The lowest BCUT2D eigenvalue weighted by molar-refractivity contribution is 0.249. The van der Waals surface area contributed by atoms with Crippen LogP contribution in [0.25, 0.3) is 10.2 Å². The number of methoxy groups -OCH3 is 1. The van der Waals surface area contributed by atoms with Crippen LogP contribution in [-0.4, -0.2) is 66.5 Å². The van der Waals surface area contributed by atoms with E-state index in [-0.39, 0.29) is 0 Å². The molecule has 3 heterocycles. The summed E-state index contributed by atoms with van der Waals surface area (Å²) < 4.78 is 6.81. The highest BCUT2D eigenvalue weighted by Crippen LogP contribution is 2.55. The number of hydrogen-bond acceptors (Lipinski definition) is 8. The van der Waals surface area contributed by atoms with E-state index >= 15 is 0 Å². The number of hydrogen-bond donors (Lipinski definition) is 2. The van der Waals surface area contributed by atoms with Crippen molar-refractivity contribution in [2.45, 2.75) is 57.9 Å². The van der Waals surface area contributed by atoms with Gasteiger partial charge in [-0.2, -0.15) is 4.98 Å². The molecule has 1 aromatic carbocycles. The van der Waals surface area contributed by atoms with Crippen LogP contribution in [0.3, 0.4) is 0 Å². The summed E-state index contributed by atoms with van der Waals surface area (Å²) in [5.41, 5.74) is 4.88. The van der Waals surface area contributed by atoms with Gasteiger partial charge >= 0.3 is 0 Å². The zero-order valence-electron chi connectivity index (χ0n) is 25.6. The zero-order valence-corrected chi connectivity index (χ0v) is 27.3. The van der Waals surface area contributed by atoms with E-state index in [1.807, 2.05) is 23.6 Å². The molecule has 220 valence electrons. The second-order valence-corrected chi connectivity index (χ2v) is 15.4. The Bertz CT molecular complexity index is 1380. The molecule has 1 fully saturated rings. The van der Waals surface area contributed by atoms with E-state index in [4.69, 9.17) is 14.7 Å². The summed E-state index contributed by atoms with van der Waals surface area (Å²) in [6.07, 6.45) is 6.18. The first-order valence-corrected chi connectivity index (χ1v) is 16.7. The second kappa shape index (κ2) is 13.8. The molecule has 1 aliphatic heterocycles. The quantitative estimate of drug-likeness (QED) is 0.162. The van der Waals surface area contributed by atoms with Gasteiger partial charge in [0.2, 0.25) is 5.95 Å². The van der Waals surface area contributed by atoms with Gasteiger partial charge < -0.3 is 25.2 Å². The summed E-state index contributed by atoms with van der Waals surface area (Å²) in [7, 11) is 5.61. The predicted molar refractivity (Wildman–Crippen MR) is 181 cm³/mol. The van der Waals surface area contributed by atoms with E-state index in [2.05, 4.69) is 93.6 Å². The lowest BCUT2D eigenvalue weighted by atomic mass is 10.0. The maximum Gasteiger partial charge on any atom is 0.229 e. The lowest BCUT2D eigenvalue weighted by Gasteiger charge is -2.36. The van der Waals surface area contributed by atoms with Crippen molar-refractivity contribution in [2.24, 2.45) is 0 Å². The number of allylic oxidation sites excluding steroid dienone is 3. The van der Waals surface area contributed by atoms with Gasteiger partial charge in [0.1, 0.15) is 5.75 Å². The van der Waals surface area contributed by atoms with Crippen LogP contribution in [-0.2, 0) is 0 Å². The highest BCUT2D eigenvalue weighted by atomic mass is 32.1. The van der Waals surface area contributed by atoms with Crippen molar-refractivity contribution >= 4 is 52.6 Å². The highest BCUT2D eigenvalue weighted by molar-refractivity contribution is 7.63. The lowest BCUT2D eigenvalue weighted by Crippen LogP contribution is -2.41. The third-order valence-corrected chi connectivity index (χ3v) is 11.7. The summed E-state index contributed by atoms with van der Waals surface area (Å²) in [4.78, 5) is 14.5. The number of anilines is 4. The summed E-state index contributed by atoms with van der Waals surface area (Å²) in [5, 5.41) is 10.3. The fourth-order valence-electron chi connectivity index (χ4n) is 5.60. The topological polar surface area (TPSA) is 65.6 Å². The summed E-state index contributed by atoms with van der Waals surface area (Å²) in [5.74, 6) is 2.03. The number of fused-ring (bicyclic) bond motifs is 1. The van der Waals surface area contributed by atoms with Gasteiger partial charge in [0.05, 0.1) is 23.0 Å². The van der Waals surface area contributed by atoms with Gasteiger partial charge in [-0.3, -0.25) is 0 Å². The molecule has 0 saturated carbocycles. The maximum atomic E-state index is 5.81. The van der Waals surface area contributed by atoms with E-state index in [0.29, 0.717) is 23.3 Å². The van der Waals surface area contributed by atoms with Crippen molar-refractivity contribution in [3.63, 3.8) is 0 Å². The van der Waals surface area contributed by atoms with Crippen LogP contribution >= 0.6 is 19.3 Å². The number of nitrogens with zero attached hydrogens (tertiary/aromatic N) is 4. The smallest absolute Gasteiger partial charge is 0.229 e. The predicted octanol–water partition coefficient (Wildman–Crippen LogP) is 8.27. The number of nitrogens with one attached hydrogen (secondary N) is 2. The third-order valence-electron chi connectivity index (χ3n) is 7.61. The largest absolute Gasteiger partial charge is 0.494 e. The van der Waals surface area contributed by atoms with Crippen molar-refractivity contribution in [1.29, 1.82) is 0 Å². The van der Waals surface area contributed by atoms with Crippen molar-refractivity contribution in [3.05, 3.63) is 66.0 Å². The van der Waals surface area contributed by atoms with Crippen molar-refractivity contribution in [1.82, 2.24) is 14.9 Å². The average Bonchev–Trinajstić information content (AvgIpc) is 3.43. The maximum absolute atomic E-state index is 5.81. The molecule has 0 bridgehead atoms. The molecule has 41 heavy (non-hydrogen) atoms. The first-order chi connectivity index (χ1) is 19.7. The average molecular weight is 593 g/mol. The number of rotatable bonds is 12. The minimum Gasteiger partial charge on any atom is -0.494 e. The van der Waals surface area contributed by atoms with Crippen molar-refractivity contribution in [2.75, 3.05) is 49.8 Å². The molecule has 3 aromatic rings. The number of aromatic nitrogens is 2.